The molecule has 1 N–H and O–H groups in total. The molecule has 0 aliphatic heterocycles. The average Bonchev–Trinajstić information content (AvgIpc) is 3.12. The van der Waals surface area contributed by atoms with E-state index in [1.54, 1.807) is 11.6 Å². The highest BCUT2D eigenvalue weighted by molar-refractivity contribution is 7.15. The van der Waals surface area contributed by atoms with Gasteiger partial charge >= 0.3 is 0 Å². The Hall–Kier alpha value is -2.74. The number of nitrogens with zero attached hydrogens (tertiary/aromatic N) is 4. The summed E-state index contributed by atoms with van der Waals surface area (Å²) in [6.45, 7) is 3.91. The molecule has 4 rings (SSSR count). The zero-order chi connectivity index (χ0) is 16.1. The van der Waals surface area contributed by atoms with Gasteiger partial charge in [-0.1, -0.05) is 6.92 Å². The summed E-state index contributed by atoms with van der Waals surface area (Å²) in [6.07, 6.45) is 3.90. The van der Waals surface area contributed by atoms with E-state index in [0.29, 0.717) is 21.9 Å². The number of aryl methyl sites for hydroxylation is 2. The van der Waals surface area contributed by atoms with Crippen molar-refractivity contribution < 1.29 is 0 Å². The number of aromatic amines is 1. The first-order valence-corrected chi connectivity index (χ1v) is 8.04. The second-order valence-corrected chi connectivity index (χ2v) is 6.11. The van der Waals surface area contributed by atoms with Crippen molar-refractivity contribution in [3.63, 3.8) is 0 Å². The van der Waals surface area contributed by atoms with Gasteiger partial charge in [0.2, 0.25) is 0 Å². The maximum Gasteiger partial charge on any atom is 0.273 e. The van der Waals surface area contributed by atoms with Gasteiger partial charge in [0.1, 0.15) is 0 Å². The average molecular weight is 327 g/mol. The Morgan fingerprint density at radius 3 is 2.96 bits per heavy atom. The fourth-order valence-corrected chi connectivity index (χ4v) is 3.43. The van der Waals surface area contributed by atoms with Crippen LogP contribution in [-0.2, 0) is 6.42 Å². The van der Waals surface area contributed by atoms with Gasteiger partial charge in [-0.15, -0.1) is 11.3 Å². The lowest BCUT2D eigenvalue weighted by Gasteiger charge is -2.02. The van der Waals surface area contributed by atoms with Gasteiger partial charge in [0, 0.05) is 35.1 Å². The van der Waals surface area contributed by atoms with Crippen LogP contribution in [0.15, 0.2) is 33.4 Å². The molecule has 0 bridgehead atoms. The summed E-state index contributed by atoms with van der Waals surface area (Å²) in [5.41, 5.74) is 2.62. The van der Waals surface area contributed by atoms with E-state index in [0.717, 1.165) is 17.7 Å². The second-order valence-electron chi connectivity index (χ2n) is 5.24. The summed E-state index contributed by atoms with van der Waals surface area (Å²) in [5, 5.41) is 4.80. The van der Waals surface area contributed by atoms with Gasteiger partial charge in [-0.2, -0.15) is 0 Å². The van der Waals surface area contributed by atoms with Crippen LogP contribution in [0.1, 0.15) is 18.2 Å². The zero-order valence-electron chi connectivity index (χ0n) is 12.5. The first-order valence-electron chi connectivity index (χ1n) is 7.16. The Bertz CT molecular complexity index is 1160. The largest absolute Gasteiger partial charge is 0.294 e. The van der Waals surface area contributed by atoms with Crippen molar-refractivity contribution in [2.45, 2.75) is 20.3 Å². The van der Waals surface area contributed by atoms with Crippen molar-refractivity contribution in [3.8, 4) is 11.3 Å². The molecular weight excluding hydrogens is 314 g/mol. The van der Waals surface area contributed by atoms with Gasteiger partial charge in [-0.05, 0) is 13.3 Å². The fraction of sp³-hybridized carbons (Fsp3) is 0.200. The van der Waals surface area contributed by atoms with Crippen LogP contribution in [0.25, 0.3) is 21.9 Å². The summed E-state index contributed by atoms with van der Waals surface area (Å²) < 4.78 is 2.87. The van der Waals surface area contributed by atoms with E-state index in [1.807, 2.05) is 13.8 Å². The lowest BCUT2D eigenvalue weighted by atomic mass is 10.2. The lowest BCUT2D eigenvalue weighted by molar-refractivity contribution is 0.881. The van der Waals surface area contributed by atoms with Crippen LogP contribution in [-0.4, -0.2) is 24.0 Å². The molecular formula is C15H13N5O2S. The highest BCUT2D eigenvalue weighted by Crippen LogP contribution is 2.17. The molecule has 0 spiro atoms. The maximum absolute atomic E-state index is 12.6. The topological polar surface area (TPSA) is 84.5 Å². The number of H-pyrrole nitrogens is 1. The highest BCUT2D eigenvalue weighted by Gasteiger charge is 2.15. The Morgan fingerprint density at radius 1 is 1.35 bits per heavy atom. The predicted molar refractivity (Wildman–Crippen MR) is 88.3 cm³/mol. The van der Waals surface area contributed by atoms with Crippen molar-refractivity contribution in [1.82, 2.24) is 24.0 Å². The molecule has 0 aliphatic carbocycles. The van der Waals surface area contributed by atoms with Crippen molar-refractivity contribution in [1.29, 1.82) is 0 Å². The van der Waals surface area contributed by atoms with Crippen molar-refractivity contribution in [2.75, 3.05) is 0 Å². The standard InChI is InChI=1S/C15H13N5O2S/c1-3-9-8(2)18-20-12(21)6-11(17-13(9)20)10-7-16-15-19(14(10)22)4-5-23-15/h4-7,18H,3H2,1-2H3. The van der Waals surface area contributed by atoms with Crippen LogP contribution in [0.4, 0.5) is 0 Å². The van der Waals surface area contributed by atoms with E-state index >= 15 is 0 Å². The van der Waals surface area contributed by atoms with E-state index in [-0.39, 0.29) is 11.1 Å². The molecule has 0 aliphatic rings. The molecule has 4 aromatic heterocycles. The minimum absolute atomic E-state index is 0.224. The molecule has 0 fully saturated rings. The van der Waals surface area contributed by atoms with Crippen LogP contribution >= 0.6 is 11.3 Å². The number of fused-ring (bicyclic) bond motifs is 2. The summed E-state index contributed by atoms with van der Waals surface area (Å²) >= 11 is 1.38. The molecule has 0 atom stereocenters. The minimum Gasteiger partial charge on any atom is -0.294 e. The normalized spacial score (nSPS) is 11.6. The van der Waals surface area contributed by atoms with Gasteiger partial charge in [0.15, 0.2) is 10.6 Å². The molecule has 0 radical (unpaired) electrons. The molecule has 116 valence electrons. The SMILES string of the molecule is CCc1c(C)[nH]n2c(=O)cc(-c3cnc4sccn4c3=O)nc12. The number of hydrogen-bond donors (Lipinski definition) is 1. The van der Waals surface area contributed by atoms with E-state index in [1.165, 1.54) is 32.5 Å². The third-order valence-electron chi connectivity index (χ3n) is 3.89. The van der Waals surface area contributed by atoms with Crippen LogP contribution in [0, 0.1) is 6.92 Å². The summed E-state index contributed by atoms with van der Waals surface area (Å²) in [4.78, 5) is 34.3. The van der Waals surface area contributed by atoms with Gasteiger partial charge in [0.25, 0.3) is 11.1 Å². The van der Waals surface area contributed by atoms with Gasteiger partial charge < -0.3 is 0 Å². The fourth-order valence-electron chi connectivity index (χ4n) is 2.76. The van der Waals surface area contributed by atoms with E-state index < -0.39 is 0 Å². The first-order chi connectivity index (χ1) is 11.1. The van der Waals surface area contributed by atoms with Crippen molar-refractivity contribution in [3.05, 3.63) is 55.8 Å². The van der Waals surface area contributed by atoms with Gasteiger partial charge in [-0.25, -0.2) is 14.5 Å². The number of aromatic nitrogens is 5. The molecule has 4 heterocycles. The maximum atomic E-state index is 12.6. The number of nitrogens with one attached hydrogen (secondary N) is 1. The molecule has 4 aromatic rings. The molecule has 0 unspecified atom stereocenters. The smallest absolute Gasteiger partial charge is 0.273 e. The summed E-state index contributed by atoms with van der Waals surface area (Å²) in [5.74, 6) is 0. The van der Waals surface area contributed by atoms with Crippen LogP contribution < -0.4 is 11.1 Å². The number of rotatable bonds is 2. The lowest BCUT2D eigenvalue weighted by Crippen LogP contribution is -2.19. The quantitative estimate of drug-likeness (QED) is 0.606. The summed E-state index contributed by atoms with van der Waals surface area (Å²) in [7, 11) is 0. The molecule has 0 saturated heterocycles. The van der Waals surface area contributed by atoms with Gasteiger partial charge in [-0.3, -0.25) is 19.1 Å². The molecule has 8 heteroatoms. The number of hydrogen-bond acceptors (Lipinski definition) is 5. The van der Waals surface area contributed by atoms with Gasteiger partial charge in [0.05, 0.1) is 11.3 Å². The zero-order valence-corrected chi connectivity index (χ0v) is 13.3. The Balaban J connectivity index is 2.06. The predicted octanol–water partition coefficient (Wildman–Crippen LogP) is 1.63. The number of thiazole rings is 1. The monoisotopic (exact) mass is 327 g/mol. The summed E-state index contributed by atoms with van der Waals surface area (Å²) in [6, 6.07) is 1.36. The van der Waals surface area contributed by atoms with Crippen LogP contribution in [0.2, 0.25) is 0 Å². The van der Waals surface area contributed by atoms with E-state index in [2.05, 4.69) is 15.1 Å². The molecule has 0 saturated carbocycles. The Morgan fingerprint density at radius 2 is 2.17 bits per heavy atom. The second kappa shape index (κ2) is 4.88. The molecule has 23 heavy (non-hydrogen) atoms. The van der Waals surface area contributed by atoms with E-state index in [4.69, 9.17) is 0 Å². The van der Waals surface area contributed by atoms with Crippen LogP contribution in [0.3, 0.4) is 0 Å². The third kappa shape index (κ3) is 1.95. The Kier molecular flexibility index (Phi) is 2.95. The van der Waals surface area contributed by atoms with Crippen molar-refractivity contribution in [2.24, 2.45) is 0 Å². The molecule has 0 aromatic carbocycles. The van der Waals surface area contributed by atoms with Crippen LogP contribution in [0.5, 0.6) is 0 Å². The molecule has 0 amide bonds. The van der Waals surface area contributed by atoms with Crippen molar-refractivity contribution >= 4 is 21.9 Å². The highest BCUT2D eigenvalue weighted by atomic mass is 32.1. The minimum atomic E-state index is -0.248. The first kappa shape index (κ1) is 13.9. The van der Waals surface area contributed by atoms with E-state index in [9.17, 15) is 9.59 Å². The molecule has 7 nitrogen and oxygen atoms in total. The Labute approximate surface area is 133 Å². The third-order valence-corrected chi connectivity index (χ3v) is 4.66.